The van der Waals surface area contributed by atoms with Gasteiger partial charge in [-0.1, -0.05) is 13.8 Å². The number of aromatic hydroxyl groups is 1. The molecule has 0 aliphatic rings. The summed E-state index contributed by atoms with van der Waals surface area (Å²) >= 11 is 0. The van der Waals surface area contributed by atoms with Crippen molar-refractivity contribution in [3.8, 4) is 5.88 Å². The summed E-state index contributed by atoms with van der Waals surface area (Å²) in [6, 6.07) is 0.217. The average Bonchev–Trinajstić information content (AvgIpc) is 2.31. The van der Waals surface area contributed by atoms with Gasteiger partial charge in [-0.05, 0) is 33.1 Å². The van der Waals surface area contributed by atoms with Gasteiger partial charge in [0.05, 0.1) is 11.7 Å². The molecular formula is C11H20N2O. The predicted octanol–water partition coefficient (Wildman–Crippen LogP) is 2.68. The second kappa shape index (κ2) is 4.03. The molecule has 0 spiro atoms. The van der Waals surface area contributed by atoms with Gasteiger partial charge in [-0.2, -0.15) is 5.10 Å². The summed E-state index contributed by atoms with van der Waals surface area (Å²) < 4.78 is 1.69. The van der Waals surface area contributed by atoms with E-state index in [-0.39, 0.29) is 6.04 Å². The van der Waals surface area contributed by atoms with Crippen molar-refractivity contribution in [2.24, 2.45) is 5.92 Å². The fourth-order valence-electron chi connectivity index (χ4n) is 1.58. The third-order valence-electron chi connectivity index (χ3n) is 2.28. The topological polar surface area (TPSA) is 38.0 Å². The molecule has 0 amide bonds. The van der Waals surface area contributed by atoms with Crippen LogP contribution in [0, 0.1) is 12.8 Å². The van der Waals surface area contributed by atoms with Crippen LogP contribution in [0.1, 0.15) is 45.0 Å². The third kappa shape index (κ3) is 2.08. The van der Waals surface area contributed by atoms with E-state index in [1.807, 2.05) is 20.8 Å². The molecule has 0 aromatic carbocycles. The molecule has 0 aliphatic heterocycles. The summed E-state index contributed by atoms with van der Waals surface area (Å²) in [4.78, 5) is 0. The molecule has 80 valence electrons. The molecule has 1 rings (SSSR count). The van der Waals surface area contributed by atoms with Crippen LogP contribution in [-0.4, -0.2) is 14.9 Å². The van der Waals surface area contributed by atoms with Gasteiger partial charge in [-0.25, -0.2) is 4.68 Å². The minimum Gasteiger partial charge on any atom is -0.493 e. The first kappa shape index (κ1) is 11.1. The van der Waals surface area contributed by atoms with Crippen LogP contribution in [0.4, 0.5) is 0 Å². The van der Waals surface area contributed by atoms with Crippen molar-refractivity contribution in [1.29, 1.82) is 0 Å². The second-order valence-corrected chi connectivity index (χ2v) is 4.52. The maximum Gasteiger partial charge on any atom is 0.213 e. The van der Waals surface area contributed by atoms with Gasteiger partial charge in [-0.3, -0.25) is 0 Å². The van der Waals surface area contributed by atoms with Crippen molar-refractivity contribution in [1.82, 2.24) is 9.78 Å². The van der Waals surface area contributed by atoms with Gasteiger partial charge in [0.15, 0.2) is 0 Å². The number of aryl methyl sites for hydroxylation is 1. The molecule has 1 aromatic rings. The Morgan fingerprint density at radius 3 is 2.21 bits per heavy atom. The maximum atomic E-state index is 9.93. The highest BCUT2D eigenvalue weighted by molar-refractivity contribution is 5.30. The first-order valence-corrected chi connectivity index (χ1v) is 5.20. The first-order chi connectivity index (χ1) is 6.43. The van der Waals surface area contributed by atoms with Gasteiger partial charge < -0.3 is 5.11 Å². The van der Waals surface area contributed by atoms with Gasteiger partial charge in [0.2, 0.25) is 5.88 Å². The van der Waals surface area contributed by atoms with Gasteiger partial charge in [0.1, 0.15) is 0 Å². The summed E-state index contributed by atoms with van der Waals surface area (Å²) in [5.41, 5.74) is 1.94. The van der Waals surface area contributed by atoms with Crippen LogP contribution in [0.2, 0.25) is 0 Å². The Morgan fingerprint density at radius 1 is 1.29 bits per heavy atom. The molecule has 1 heterocycles. The Hall–Kier alpha value is -0.990. The summed E-state index contributed by atoms with van der Waals surface area (Å²) in [5, 5.41) is 14.3. The van der Waals surface area contributed by atoms with Gasteiger partial charge in [0, 0.05) is 5.56 Å². The Balaban J connectivity index is 3.05. The Labute approximate surface area is 85.8 Å². The van der Waals surface area contributed by atoms with Crippen molar-refractivity contribution in [2.75, 3.05) is 0 Å². The highest BCUT2D eigenvalue weighted by atomic mass is 16.3. The van der Waals surface area contributed by atoms with Gasteiger partial charge >= 0.3 is 0 Å². The summed E-state index contributed by atoms with van der Waals surface area (Å²) in [5.74, 6) is 0.885. The summed E-state index contributed by atoms with van der Waals surface area (Å²) in [6.45, 7) is 10.3. The Morgan fingerprint density at radius 2 is 1.86 bits per heavy atom. The predicted molar refractivity (Wildman–Crippen MR) is 57.6 cm³/mol. The molecule has 1 N–H and O–H groups in total. The molecule has 0 unspecified atom stereocenters. The molecule has 0 bridgehead atoms. The van der Waals surface area contributed by atoms with Crippen LogP contribution in [-0.2, 0) is 6.42 Å². The Bertz CT molecular complexity index is 313. The molecule has 0 saturated heterocycles. The van der Waals surface area contributed by atoms with Crippen LogP contribution < -0.4 is 0 Å². The van der Waals surface area contributed by atoms with E-state index >= 15 is 0 Å². The van der Waals surface area contributed by atoms with E-state index in [1.165, 1.54) is 0 Å². The minimum atomic E-state index is 0.217. The fraction of sp³-hybridized carbons (Fsp3) is 0.727. The average molecular weight is 196 g/mol. The van der Waals surface area contributed by atoms with E-state index in [9.17, 15) is 5.11 Å². The molecule has 3 nitrogen and oxygen atoms in total. The quantitative estimate of drug-likeness (QED) is 0.807. The highest BCUT2D eigenvalue weighted by Crippen LogP contribution is 2.26. The van der Waals surface area contributed by atoms with Crippen LogP contribution in [0.3, 0.4) is 0 Å². The number of hydrogen-bond acceptors (Lipinski definition) is 2. The van der Waals surface area contributed by atoms with Crippen LogP contribution in [0.5, 0.6) is 5.88 Å². The van der Waals surface area contributed by atoms with Crippen LogP contribution in [0.25, 0.3) is 0 Å². The van der Waals surface area contributed by atoms with Crippen LogP contribution >= 0.6 is 0 Å². The standard InChI is InChI=1S/C11H20N2O/c1-7(2)6-10-9(5)12-13(8(3)4)11(10)14/h7-8,14H,6H2,1-5H3. The van der Waals surface area contributed by atoms with E-state index in [1.54, 1.807) is 4.68 Å². The van der Waals surface area contributed by atoms with Crippen LogP contribution in [0.15, 0.2) is 0 Å². The maximum absolute atomic E-state index is 9.93. The van der Waals surface area contributed by atoms with Gasteiger partial charge in [0.25, 0.3) is 0 Å². The zero-order chi connectivity index (χ0) is 10.9. The number of aromatic nitrogens is 2. The fourth-order valence-corrected chi connectivity index (χ4v) is 1.58. The van der Waals surface area contributed by atoms with E-state index in [0.717, 1.165) is 17.7 Å². The Kier molecular flexibility index (Phi) is 3.19. The zero-order valence-electron chi connectivity index (χ0n) is 9.70. The molecule has 0 radical (unpaired) electrons. The number of hydrogen-bond donors (Lipinski definition) is 1. The smallest absolute Gasteiger partial charge is 0.213 e. The third-order valence-corrected chi connectivity index (χ3v) is 2.28. The molecule has 0 atom stereocenters. The minimum absolute atomic E-state index is 0.217. The lowest BCUT2D eigenvalue weighted by molar-refractivity contribution is 0.371. The molecule has 1 aromatic heterocycles. The van der Waals surface area contributed by atoms with Crippen molar-refractivity contribution in [2.45, 2.75) is 47.1 Å². The highest BCUT2D eigenvalue weighted by Gasteiger charge is 2.16. The van der Waals surface area contributed by atoms with Crippen molar-refractivity contribution >= 4 is 0 Å². The molecule has 3 heteroatoms. The summed E-state index contributed by atoms with van der Waals surface area (Å²) in [6.07, 6.45) is 0.893. The molecule has 0 aliphatic carbocycles. The lowest BCUT2D eigenvalue weighted by atomic mass is 10.0. The first-order valence-electron chi connectivity index (χ1n) is 5.20. The van der Waals surface area contributed by atoms with E-state index in [4.69, 9.17) is 0 Å². The largest absolute Gasteiger partial charge is 0.493 e. The molecule has 0 fully saturated rings. The number of nitrogens with zero attached hydrogens (tertiary/aromatic N) is 2. The lowest BCUT2D eigenvalue weighted by Crippen LogP contribution is -2.02. The SMILES string of the molecule is Cc1nn(C(C)C)c(O)c1CC(C)C. The molecule has 14 heavy (non-hydrogen) atoms. The second-order valence-electron chi connectivity index (χ2n) is 4.52. The van der Waals surface area contributed by atoms with Crippen molar-refractivity contribution < 1.29 is 5.11 Å². The van der Waals surface area contributed by atoms with E-state index < -0.39 is 0 Å². The van der Waals surface area contributed by atoms with Crippen molar-refractivity contribution in [3.05, 3.63) is 11.3 Å². The van der Waals surface area contributed by atoms with Gasteiger partial charge in [-0.15, -0.1) is 0 Å². The lowest BCUT2D eigenvalue weighted by Gasteiger charge is -2.07. The van der Waals surface area contributed by atoms with Crippen molar-refractivity contribution in [3.63, 3.8) is 0 Å². The van der Waals surface area contributed by atoms with E-state index in [2.05, 4.69) is 18.9 Å². The molecular weight excluding hydrogens is 176 g/mol. The molecule has 0 saturated carbocycles. The zero-order valence-corrected chi connectivity index (χ0v) is 9.70. The monoisotopic (exact) mass is 196 g/mol. The van der Waals surface area contributed by atoms with E-state index in [0.29, 0.717) is 11.8 Å². The summed E-state index contributed by atoms with van der Waals surface area (Å²) in [7, 11) is 0. The normalized spacial score (nSPS) is 11.6. The number of rotatable bonds is 3.